The first-order valence-electron chi connectivity index (χ1n) is 12.2. The van der Waals surface area contributed by atoms with Gasteiger partial charge in [-0.25, -0.2) is 8.78 Å². The molecule has 0 aliphatic heterocycles. The summed E-state index contributed by atoms with van der Waals surface area (Å²) in [6, 6.07) is 2.08. The third-order valence-corrected chi connectivity index (χ3v) is 9.95. The Morgan fingerprint density at radius 2 is 1.94 bits per heavy atom. The minimum atomic E-state index is -2.66. The number of halogens is 2. The highest BCUT2D eigenvalue weighted by atomic mass is 19.3. The molecule has 0 bridgehead atoms. The Morgan fingerprint density at radius 3 is 2.66 bits per heavy atom. The zero-order valence-electron chi connectivity index (χ0n) is 18.9. The van der Waals surface area contributed by atoms with E-state index < -0.39 is 11.3 Å². The van der Waals surface area contributed by atoms with E-state index in [9.17, 15) is 0 Å². The van der Waals surface area contributed by atoms with Gasteiger partial charge in [-0.1, -0.05) is 39.8 Å². The molecule has 0 N–H and O–H groups in total. The molecule has 0 aromatic carbocycles. The molecule has 4 fully saturated rings. The van der Waals surface area contributed by atoms with Crippen LogP contribution in [0.15, 0.2) is 24.5 Å². The number of nitrogens with zero attached hydrogens (tertiary/aromatic N) is 3. The van der Waals surface area contributed by atoms with E-state index in [4.69, 9.17) is 5.26 Å². The van der Waals surface area contributed by atoms with E-state index in [0.29, 0.717) is 29.9 Å². The van der Waals surface area contributed by atoms with Crippen LogP contribution in [-0.4, -0.2) is 15.7 Å². The van der Waals surface area contributed by atoms with Crippen molar-refractivity contribution < 1.29 is 8.78 Å². The van der Waals surface area contributed by atoms with Crippen LogP contribution in [0.4, 0.5) is 8.78 Å². The zero-order valence-corrected chi connectivity index (χ0v) is 18.9. The van der Waals surface area contributed by atoms with Crippen LogP contribution in [0.2, 0.25) is 0 Å². The van der Waals surface area contributed by atoms with Crippen molar-refractivity contribution in [2.45, 2.75) is 85.1 Å². The minimum absolute atomic E-state index is 0. The zero-order chi connectivity index (χ0) is 22.0. The summed E-state index contributed by atoms with van der Waals surface area (Å²) in [5.41, 5.74) is 0.328. The Balaban J connectivity index is 0.00000245. The number of hydrogen-bond acceptors (Lipinski definition) is 2. The molecule has 1 heterocycles. The van der Waals surface area contributed by atoms with Crippen molar-refractivity contribution in [1.29, 1.82) is 5.26 Å². The van der Waals surface area contributed by atoms with Crippen LogP contribution in [0.5, 0.6) is 0 Å². The molecule has 32 heavy (non-hydrogen) atoms. The van der Waals surface area contributed by atoms with Gasteiger partial charge in [-0.05, 0) is 80.0 Å². The van der Waals surface area contributed by atoms with Gasteiger partial charge in [0.05, 0.1) is 18.3 Å². The highest BCUT2D eigenvalue weighted by Gasteiger charge is 2.69. The SMILES string of the molecule is C.C=C(Cn1cc(C#N)cn1)C1CCC2C3CCC4CC(C)CCC4C3CC(F)(F)C12C. The summed E-state index contributed by atoms with van der Waals surface area (Å²) in [7, 11) is 0. The summed E-state index contributed by atoms with van der Waals surface area (Å²) in [5, 5.41) is 13.3. The molecule has 1 aromatic rings. The lowest BCUT2D eigenvalue weighted by Gasteiger charge is -2.59. The monoisotopic (exact) mass is 443 g/mol. The molecule has 0 spiro atoms. The van der Waals surface area contributed by atoms with Crippen molar-refractivity contribution >= 4 is 0 Å². The molecule has 8 atom stereocenters. The molecule has 5 heteroatoms. The van der Waals surface area contributed by atoms with Gasteiger partial charge in [-0.2, -0.15) is 10.4 Å². The molecule has 4 aliphatic rings. The Labute approximate surface area is 192 Å². The molecule has 8 unspecified atom stereocenters. The maximum Gasteiger partial charge on any atom is 0.254 e. The summed E-state index contributed by atoms with van der Waals surface area (Å²) >= 11 is 0. The second-order valence-electron chi connectivity index (χ2n) is 11.4. The average molecular weight is 444 g/mol. The number of rotatable bonds is 3. The van der Waals surface area contributed by atoms with E-state index in [2.05, 4.69) is 24.7 Å². The second-order valence-corrected chi connectivity index (χ2v) is 11.4. The Morgan fingerprint density at radius 1 is 1.19 bits per heavy atom. The molecule has 1 aromatic heterocycles. The van der Waals surface area contributed by atoms with Crippen molar-refractivity contribution in [1.82, 2.24) is 9.78 Å². The van der Waals surface area contributed by atoms with E-state index in [-0.39, 0.29) is 31.6 Å². The van der Waals surface area contributed by atoms with Crippen LogP contribution in [0.1, 0.15) is 78.2 Å². The van der Waals surface area contributed by atoms with E-state index in [1.54, 1.807) is 10.9 Å². The van der Waals surface area contributed by atoms with Crippen molar-refractivity contribution in [3.8, 4) is 6.07 Å². The Kier molecular flexibility index (Phi) is 6.06. The van der Waals surface area contributed by atoms with Crippen LogP contribution >= 0.6 is 0 Å². The maximum absolute atomic E-state index is 16.1. The fraction of sp³-hybridized carbons (Fsp3) is 0.778. The molecule has 176 valence electrons. The summed E-state index contributed by atoms with van der Waals surface area (Å²) in [4.78, 5) is 0. The molecular formula is C27H39F2N3. The van der Waals surface area contributed by atoms with Crippen molar-refractivity contribution in [3.63, 3.8) is 0 Å². The van der Waals surface area contributed by atoms with Crippen molar-refractivity contribution in [2.75, 3.05) is 0 Å². The van der Waals surface area contributed by atoms with Crippen LogP contribution in [0.3, 0.4) is 0 Å². The number of aromatic nitrogens is 2. The van der Waals surface area contributed by atoms with Gasteiger partial charge in [0.25, 0.3) is 5.92 Å². The van der Waals surface area contributed by atoms with Gasteiger partial charge in [0.1, 0.15) is 6.07 Å². The maximum atomic E-state index is 16.1. The van der Waals surface area contributed by atoms with Gasteiger partial charge in [0.15, 0.2) is 0 Å². The van der Waals surface area contributed by atoms with Gasteiger partial charge in [0.2, 0.25) is 0 Å². The summed E-state index contributed by atoms with van der Waals surface area (Å²) < 4.78 is 33.8. The number of nitriles is 1. The normalized spacial score (nSPS) is 42.0. The first-order chi connectivity index (χ1) is 14.7. The minimum Gasteiger partial charge on any atom is -0.267 e. The van der Waals surface area contributed by atoms with Crippen LogP contribution in [-0.2, 0) is 6.54 Å². The fourth-order valence-electron chi connectivity index (χ4n) is 8.52. The van der Waals surface area contributed by atoms with Gasteiger partial charge < -0.3 is 0 Å². The summed E-state index contributed by atoms with van der Waals surface area (Å²) in [5.74, 6) is -0.149. The van der Waals surface area contributed by atoms with E-state index >= 15 is 8.78 Å². The molecule has 0 saturated heterocycles. The quantitative estimate of drug-likeness (QED) is 0.468. The fourth-order valence-corrected chi connectivity index (χ4v) is 8.52. The Bertz CT molecular complexity index is 899. The van der Waals surface area contributed by atoms with Gasteiger partial charge in [-0.3, -0.25) is 4.68 Å². The molecule has 0 radical (unpaired) electrons. The number of fused-ring (bicyclic) bond motifs is 5. The first-order valence-corrected chi connectivity index (χ1v) is 12.2. The van der Waals surface area contributed by atoms with Crippen molar-refractivity contribution in [3.05, 3.63) is 30.1 Å². The lowest BCUT2D eigenvalue weighted by Crippen LogP contribution is -2.58. The summed E-state index contributed by atoms with van der Waals surface area (Å²) in [6.45, 7) is 8.89. The average Bonchev–Trinajstić information content (AvgIpc) is 3.32. The summed E-state index contributed by atoms with van der Waals surface area (Å²) in [6.07, 6.45) is 11.0. The molecule has 5 rings (SSSR count). The largest absolute Gasteiger partial charge is 0.267 e. The Hall–Kier alpha value is -1.70. The van der Waals surface area contributed by atoms with Crippen LogP contribution in [0, 0.1) is 58.2 Å². The lowest BCUT2D eigenvalue weighted by atomic mass is 9.48. The third kappa shape index (κ3) is 3.44. The predicted octanol–water partition coefficient (Wildman–Crippen LogP) is 7.10. The second kappa shape index (κ2) is 8.26. The first kappa shape index (κ1) is 23.5. The molecule has 4 aliphatic carbocycles. The molecule has 4 saturated carbocycles. The highest BCUT2D eigenvalue weighted by Crippen LogP contribution is 2.69. The smallest absolute Gasteiger partial charge is 0.254 e. The lowest BCUT2D eigenvalue weighted by molar-refractivity contribution is -0.223. The predicted molar refractivity (Wildman–Crippen MR) is 123 cm³/mol. The van der Waals surface area contributed by atoms with Gasteiger partial charge in [-0.15, -0.1) is 0 Å². The van der Waals surface area contributed by atoms with Gasteiger partial charge in [0, 0.05) is 18.0 Å². The van der Waals surface area contributed by atoms with E-state index in [1.165, 1.54) is 25.5 Å². The van der Waals surface area contributed by atoms with Gasteiger partial charge >= 0.3 is 0 Å². The van der Waals surface area contributed by atoms with Crippen molar-refractivity contribution in [2.24, 2.45) is 46.8 Å². The number of alkyl halides is 2. The topological polar surface area (TPSA) is 41.6 Å². The van der Waals surface area contributed by atoms with E-state index in [0.717, 1.165) is 37.2 Å². The number of allylic oxidation sites excluding steroid dienone is 1. The number of hydrogen-bond donors (Lipinski definition) is 0. The standard InChI is InChI=1S/C26H35F2N3.CH4/c1-16-4-6-20-19(10-16)5-7-21-22(20)11-26(27,28)25(3)23(8-9-24(21)25)17(2)14-31-15-18(12-29)13-30-31;/h13,15-16,19-24H,2,4-11,14H2,1,3H3;1H4. The van der Waals surface area contributed by atoms with Crippen LogP contribution in [0.25, 0.3) is 0 Å². The van der Waals surface area contributed by atoms with Crippen LogP contribution < -0.4 is 0 Å². The van der Waals surface area contributed by atoms with E-state index in [1.807, 2.05) is 6.92 Å². The molecule has 3 nitrogen and oxygen atoms in total. The molecular weight excluding hydrogens is 404 g/mol. The third-order valence-electron chi connectivity index (χ3n) is 9.95. The highest BCUT2D eigenvalue weighted by molar-refractivity contribution is 5.23. The molecule has 0 amide bonds.